The molecule has 1 N–H and O–H groups in total. The Morgan fingerprint density at radius 1 is 1.39 bits per heavy atom. The van der Waals surface area contributed by atoms with Crippen LogP contribution in [-0.4, -0.2) is 17.0 Å². The van der Waals surface area contributed by atoms with Gasteiger partial charge in [-0.2, -0.15) is 0 Å². The van der Waals surface area contributed by atoms with Crippen molar-refractivity contribution in [3.05, 3.63) is 39.7 Å². The maximum Gasteiger partial charge on any atom is 0.263 e. The number of aryl methyl sites for hydroxylation is 1. The summed E-state index contributed by atoms with van der Waals surface area (Å²) in [4.78, 5) is 26.3. The second kappa shape index (κ2) is 4.86. The molecule has 0 bridgehead atoms. The first-order valence-corrected chi connectivity index (χ1v) is 6.58. The Hall–Kier alpha value is -1.75. The number of aromatic amines is 1. The molecule has 94 valence electrons. The summed E-state index contributed by atoms with van der Waals surface area (Å²) in [7, 11) is 0. The predicted molar refractivity (Wildman–Crippen MR) is 73.5 cm³/mol. The number of hydrogen-bond donors (Lipinski definition) is 1. The Kier molecular flexibility index (Phi) is 3.43. The van der Waals surface area contributed by atoms with Crippen LogP contribution in [0.15, 0.2) is 23.0 Å². The highest BCUT2D eigenvalue weighted by Gasteiger charge is 2.18. The van der Waals surface area contributed by atoms with E-state index in [9.17, 15) is 9.59 Å². The van der Waals surface area contributed by atoms with E-state index in [1.807, 2.05) is 25.1 Å². The van der Waals surface area contributed by atoms with Crippen LogP contribution in [0.1, 0.15) is 22.8 Å². The van der Waals surface area contributed by atoms with Crippen LogP contribution in [0.5, 0.6) is 5.75 Å². The summed E-state index contributed by atoms with van der Waals surface area (Å²) in [5, 5.41) is 0.745. The van der Waals surface area contributed by atoms with Crippen molar-refractivity contribution in [2.75, 3.05) is 6.26 Å². The van der Waals surface area contributed by atoms with E-state index in [0.717, 1.165) is 23.0 Å². The number of carbonyl (C=O) groups excluding carboxylic acids is 1. The number of ketones is 1. The quantitative estimate of drug-likeness (QED) is 0.683. The first kappa shape index (κ1) is 12.7. The number of carbonyl (C=O) groups is 1. The van der Waals surface area contributed by atoms with Crippen LogP contribution in [0, 0.1) is 6.92 Å². The summed E-state index contributed by atoms with van der Waals surface area (Å²) in [6.45, 7) is 3.26. The molecule has 0 atom stereocenters. The molecule has 0 unspecified atom stereocenters. The zero-order chi connectivity index (χ0) is 13.3. The lowest BCUT2D eigenvalue weighted by Crippen LogP contribution is -2.17. The molecule has 0 amide bonds. The highest BCUT2D eigenvalue weighted by atomic mass is 32.2. The lowest BCUT2D eigenvalue weighted by Gasteiger charge is -2.10. The van der Waals surface area contributed by atoms with Crippen molar-refractivity contribution >= 4 is 28.7 Å². The Balaban J connectivity index is 2.94. The van der Waals surface area contributed by atoms with E-state index in [4.69, 9.17) is 4.18 Å². The fraction of sp³-hybridized carbons (Fsp3) is 0.231. The molecule has 0 aliphatic heterocycles. The number of benzene rings is 1. The molecule has 0 aliphatic rings. The molecule has 4 nitrogen and oxygen atoms in total. The molecule has 18 heavy (non-hydrogen) atoms. The molecule has 0 spiro atoms. The van der Waals surface area contributed by atoms with E-state index in [0.29, 0.717) is 11.3 Å². The highest BCUT2D eigenvalue weighted by Crippen LogP contribution is 2.30. The van der Waals surface area contributed by atoms with Gasteiger partial charge in [-0.25, -0.2) is 0 Å². The SMILES string of the molecule is CSOc1c(C(C)=O)c(=O)[nH]c2c(C)cccc12. The van der Waals surface area contributed by atoms with Gasteiger partial charge in [0.25, 0.3) is 5.56 Å². The molecule has 0 fully saturated rings. The molecule has 0 radical (unpaired) electrons. The van der Waals surface area contributed by atoms with Crippen LogP contribution in [0.3, 0.4) is 0 Å². The zero-order valence-electron chi connectivity index (χ0n) is 10.4. The normalized spacial score (nSPS) is 10.6. The average molecular weight is 263 g/mol. The molecular formula is C13H13NO3S. The number of fused-ring (bicyclic) bond motifs is 1. The summed E-state index contributed by atoms with van der Waals surface area (Å²) in [5.41, 5.74) is 1.30. The van der Waals surface area contributed by atoms with Gasteiger partial charge in [0.05, 0.1) is 17.6 Å². The van der Waals surface area contributed by atoms with Crippen molar-refractivity contribution in [3.63, 3.8) is 0 Å². The van der Waals surface area contributed by atoms with E-state index in [-0.39, 0.29) is 11.3 Å². The van der Waals surface area contributed by atoms with E-state index < -0.39 is 5.56 Å². The number of H-pyrrole nitrogens is 1. The lowest BCUT2D eigenvalue weighted by molar-refractivity contribution is 0.101. The third kappa shape index (κ3) is 2.01. The van der Waals surface area contributed by atoms with Gasteiger partial charge in [-0.15, -0.1) is 0 Å². The number of pyridine rings is 1. The smallest absolute Gasteiger partial charge is 0.263 e. The van der Waals surface area contributed by atoms with Crippen molar-refractivity contribution in [2.45, 2.75) is 13.8 Å². The van der Waals surface area contributed by atoms with Crippen LogP contribution >= 0.6 is 12.0 Å². The second-order valence-electron chi connectivity index (χ2n) is 3.96. The molecule has 5 heteroatoms. The summed E-state index contributed by atoms with van der Waals surface area (Å²) >= 11 is 1.11. The van der Waals surface area contributed by atoms with Crippen molar-refractivity contribution in [1.82, 2.24) is 4.98 Å². The van der Waals surface area contributed by atoms with E-state index in [1.54, 1.807) is 6.26 Å². The number of aromatic nitrogens is 1. The second-order valence-corrected chi connectivity index (χ2v) is 4.46. The zero-order valence-corrected chi connectivity index (χ0v) is 11.2. The van der Waals surface area contributed by atoms with Crippen LogP contribution in [-0.2, 0) is 0 Å². The summed E-state index contributed by atoms with van der Waals surface area (Å²) < 4.78 is 5.42. The van der Waals surface area contributed by atoms with Crippen molar-refractivity contribution in [2.24, 2.45) is 0 Å². The number of rotatable bonds is 3. The Morgan fingerprint density at radius 2 is 2.11 bits per heavy atom. The molecular weight excluding hydrogens is 250 g/mol. The average Bonchev–Trinajstić information content (AvgIpc) is 2.30. The number of Topliss-reactive ketones (excluding diaryl/α,β-unsaturated/α-hetero) is 1. The summed E-state index contributed by atoms with van der Waals surface area (Å²) in [6, 6.07) is 5.60. The van der Waals surface area contributed by atoms with Crippen LogP contribution in [0.4, 0.5) is 0 Å². The minimum Gasteiger partial charge on any atom is -0.424 e. The number of hydrogen-bond acceptors (Lipinski definition) is 4. The Labute approximate surface area is 109 Å². The molecule has 0 saturated heterocycles. The molecule has 0 saturated carbocycles. The first-order chi connectivity index (χ1) is 8.56. The summed E-state index contributed by atoms with van der Waals surface area (Å²) in [6.07, 6.45) is 1.74. The van der Waals surface area contributed by atoms with E-state index in [2.05, 4.69) is 4.98 Å². The van der Waals surface area contributed by atoms with Gasteiger partial charge in [0.1, 0.15) is 5.56 Å². The van der Waals surface area contributed by atoms with Crippen molar-refractivity contribution in [1.29, 1.82) is 0 Å². The first-order valence-electron chi connectivity index (χ1n) is 5.43. The number of nitrogens with one attached hydrogen (secondary N) is 1. The van der Waals surface area contributed by atoms with Crippen LogP contribution < -0.4 is 9.74 Å². The van der Waals surface area contributed by atoms with Crippen molar-refractivity contribution in [3.8, 4) is 5.75 Å². The molecule has 1 aromatic heterocycles. The topological polar surface area (TPSA) is 59.2 Å². The van der Waals surface area contributed by atoms with Gasteiger partial charge in [0.2, 0.25) is 0 Å². The van der Waals surface area contributed by atoms with Crippen LogP contribution in [0.25, 0.3) is 10.9 Å². The fourth-order valence-electron chi connectivity index (χ4n) is 1.93. The van der Waals surface area contributed by atoms with Gasteiger partial charge in [-0.05, 0) is 25.5 Å². The molecule has 2 aromatic rings. The van der Waals surface area contributed by atoms with Gasteiger partial charge in [-0.3, -0.25) is 9.59 Å². The minimum absolute atomic E-state index is 0.0717. The maximum atomic E-state index is 12.0. The van der Waals surface area contributed by atoms with Gasteiger partial charge >= 0.3 is 0 Å². The maximum absolute atomic E-state index is 12.0. The number of para-hydroxylation sites is 1. The summed E-state index contributed by atoms with van der Waals surface area (Å²) in [5.74, 6) is 0.0427. The third-order valence-corrected chi connectivity index (χ3v) is 3.06. The largest absolute Gasteiger partial charge is 0.424 e. The fourth-order valence-corrected chi connectivity index (χ4v) is 2.27. The third-order valence-electron chi connectivity index (χ3n) is 2.73. The Morgan fingerprint density at radius 3 is 2.72 bits per heavy atom. The van der Waals surface area contributed by atoms with Gasteiger partial charge in [0, 0.05) is 11.6 Å². The highest BCUT2D eigenvalue weighted by molar-refractivity contribution is 7.94. The molecule has 1 aromatic carbocycles. The van der Waals surface area contributed by atoms with E-state index >= 15 is 0 Å². The Bertz CT molecular complexity index is 676. The van der Waals surface area contributed by atoms with Crippen molar-refractivity contribution < 1.29 is 8.98 Å². The standard InChI is InChI=1S/C13H13NO3S/c1-7-5-4-6-9-11(7)14-13(16)10(8(2)15)12(9)17-18-3/h4-6H,1-3H3,(H,14,16). The monoisotopic (exact) mass is 263 g/mol. The lowest BCUT2D eigenvalue weighted by atomic mass is 10.1. The van der Waals surface area contributed by atoms with Gasteiger partial charge in [-0.1, -0.05) is 12.1 Å². The molecule has 2 rings (SSSR count). The minimum atomic E-state index is -0.409. The van der Waals surface area contributed by atoms with Gasteiger partial charge < -0.3 is 9.17 Å². The van der Waals surface area contributed by atoms with E-state index in [1.165, 1.54) is 6.92 Å². The molecule has 1 heterocycles. The van der Waals surface area contributed by atoms with Gasteiger partial charge in [0.15, 0.2) is 11.5 Å². The molecule has 0 aliphatic carbocycles. The van der Waals surface area contributed by atoms with Crippen LogP contribution in [0.2, 0.25) is 0 Å². The predicted octanol–water partition coefficient (Wildman–Crippen LogP) is 2.70.